The predicted molar refractivity (Wildman–Crippen MR) is 66.4 cm³/mol. The standard InChI is InChI=1S/C12H17NO2S/c1-3-13-12(15)9(2)16-11-6-4-5-10(7-11)8-14/h4-7,9,14H,3,8H2,1-2H3,(H,13,15). The van der Waals surface area contributed by atoms with E-state index in [-0.39, 0.29) is 17.8 Å². The molecule has 1 rings (SSSR count). The second-order valence-electron chi connectivity index (χ2n) is 3.46. The van der Waals surface area contributed by atoms with Gasteiger partial charge in [-0.2, -0.15) is 0 Å². The number of amides is 1. The molecule has 0 bridgehead atoms. The lowest BCUT2D eigenvalue weighted by molar-refractivity contribution is -0.120. The van der Waals surface area contributed by atoms with E-state index in [0.717, 1.165) is 10.5 Å². The maximum absolute atomic E-state index is 11.5. The largest absolute Gasteiger partial charge is 0.392 e. The molecule has 1 amide bonds. The molecule has 1 unspecified atom stereocenters. The summed E-state index contributed by atoms with van der Waals surface area (Å²) in [7, 11) is 0. The zero-order chi connectivity index (χ0) is 12.0. The first-order valence-corrected chi connectivity index (χ1v) is 6.19. The monoisotopic (exact) mass is 239 g/mol. The molecule has 0 heterocycles. The number of benzene rings is 1. The van der Waals surface area contributed by atoms with Gasteiger partial charge in [-0.1, -0.05) is 12.1 Å². The van der Waals surface area contributed by atoms with E-state index < -0.39 is 0 Å². The first-order valence-electron chi connectivity index (χ1n) is 5.31. The van der Waals surface area contributed by atoms with E-state index in [9.17, 15) is 4.79 Å². The Kier molecular flexibility index (Phi) is 5.35. The molecule has 1 atom stereocenters. The van der Waals surface area contributed by atoms with Crippen molar-refractivity contribution in [2.45, 2.75) is 30.6 Å². The predicted octanol–water partition coefficient (Wildman–Crippen LogP) is 1.80. The van der Waals surface area contributed by atoms with Crippen LogP contribution in [0.25, 0.3) is 0 Å². The summed E-state index contributed by atoms with van der Waals surface area (Å²) < 4.78 is 0. The molecule has 88 valence electrons. The summed E-state index contributed by atoms with van der Waals surface area (Å²) in [5.74, 6) is 0.0434. The Hall–Kier alpha value is -1.00. The fraction of sp³-hybridized carbons (Fsp3) is 0.417. The summed E-state index contributed by atoms with van der Waals surface area (Å²) in [4.78, 5) is 12.5. The highest BCUT2D eigenvalue weighted by Crippen LogP contribution is 2.24. The van der Waals surface area contributed by atoms with Crippen LogP contribution < -0.4 is 5.32 Å². The second-order valence-corrected chi connectivity index (χ2v) is 4.87. The average molecular weight is 239 g/mol. The lowest BCUT2D eigenvalue weighted by atomic mass is 10.2. The van der Waals surface area contributed by atoms with E-state index in [1.54, 1.807) is 0 Å². The van der Waals surface area contributed by atoms with Crippen LogP contribution in [0.3, 0.4) is 0 Å². The van der Waals surface area contributed by atoms with Gasteiger partial charge in [0.15, 0.2) is 0 Å². The minimum atomic E-state index is -0.117. The van der Waals surface area contributed by atoms with Crippen LogP contribution in [-0.4, -0.2) is 22.8 Å². The molecule has 0 aliphatic carbocycles. The van der Waals surface area contributed by atoms with Gasteiger partial charge in [0.05, 0.1) is 11.9 Å². The molecular formula is C12H17NO2S. The van der Waals surface area contributed by atoms with Crippen LogP contribution in [0, 0.1) is 0 Å². The Morgan fingerprint density at radius 2 is 2.31 bits per heavy atom. The Bertz CT molecular complexity index is 355. The molecule has 0 radical (unpaired) electrons. The third kappa shape index (κ3) is 3.87. The third-order valence-corrected chi connectivity index (χ3v) is 3.21. The van der Waals surface area contributed by atoms with Gasteiger partial charge in [0, 0.05) is 11.4 Å². The minimum absolute atomic E-state index is 0.0317. The molecule has 16 heavy (non-hydrogen) atoms. The first kappa shape index (κ1) is 13.1. The van der Waals surface area contributed by atoms with Crippen LogP contribution in [0.1, 0.15) is 19.4 Å². The zero-order valence-electron chi connectivity index (χ0n) is 9.56. The minimum Gasteiger partial charge on any atom is -0.392 e. The Labute approximate surface area is 100 Å². The molecule has 1 aromatic rings. The van der Waals surface area contributed by atoms with Crippen LogP contribution in [0.15, 0.2) is 29.2 Å². The second kappa shape index (κ2) is 6.55. The van der Waals surface area contributed by atoms with Crippen molar-refractivity contribution in [2.24, 2.45) is 0 Å². The van der Waals surface area contributed by atoms with Gasteiger partial charge in [-0.05, 0) is 31.5 Å². The lowest BCUT2D eigenvalue weighted by Gasteiger charge is -2.11. The molecule has 3 nitrogen and oxygen atoms in total. The average Bonchev–Trinajstić information content (AvgIpc) is 2.29. The van der Waals surface area contributed by atoms with Crippen LogP contribution in [0.4, 0.5) is 0 Å². The number of hydrogen-bond donors (Lipinski definition) is 2. The van der Waals surface area contributed by atoms with E-state index in [4.69, 9.17) is 5.11 Å². The van der Waals surface area contributed by atoms with Crippen molar-refractivity contribution in [2.75, 3.05) is 6.54 Å². The van der Waals surface area contributed by atoms with Gasteiger partial charge in [0.1, 0.15) is 0 Å². The van der Waals surface area contributed by atoms with Gasteiger partial charge >= 0.3 is 0 Å². The molecule has 0 aromatic heterocycles. The zero-order valence-corrected chi connectivity index (χ0v) is 10.4. The number of hydrogen-bond acceptors (Lipinski definition) is 3. The van der Waals surface area contributed by atoms with Crippen molar-refractivity contribution in [3.8, 4) is 0 Å². The summed E-state index contributed by atoms with van der Waals surface area (Å²) in [6, 6.07) is 7.60. The summed E-state index contributed by atoms with van der Waals surface area (Å²) in [5, 5.41) is 11.7. The molecule has 0 aliphatic rings. The highest BCUT2D eigenvalue weighted by atomic mass is 32.2. The topological polar surface area (TPSA) is 49.3 Å². The molecule has 0 aliphatic heterocycles. The number of aliphatic hydroxyl groups is 1. The first-order chi connectivity index (χ1) is 7.67. The van der Waals surface area contributed by atoms with E-state index in [2.05, 4.69) is 5.32 Å². The molecule has 4 heteroatoms. The third-order valence-electron chi connectivity index (χ3n) is 2.11. The summed E-state index contributed by atoms with van der Waals surface area (Å²) >= 11 is 1.50. The van der Waals surface area contributed by atoms with Gasteiger partial charge in [-0.25, -0.2) is 0 Å². The number of carbonyl (C=O) groups is 1. The highest BCUT2D eigenvalue weighted by molar-refractivity contribution is 8.00. The van der Waals surface area contributed by atoms with E-state index in [1.165, 1.54) is 11.8 Å². The van der Waals surface area contributed by atoms with Gasteiger partial charge in [-0.15, -0.1) is 11.8 Å². The number of carbonyl (C=O) groups excluding carboxylic acids is 1. The van der Waals surface area contributed by atoms with Crippen molar-refractivity contribution in [1.82, 2.24) is 5.32 Å². The maximum Gasteiger partial charge on any atom is 0.233 e. The molecule has 1 aromatic carbocycles. The normalized spacial score (nSPS) is 12.2. The fourth-order valence-electron chi connectivity index (χ4n) is 1.29. The molecule has 0 saturated carbocycles. The summed E-state index contributed by atoms with van der Waals surface area (Å²) in [6.07, 6.45) is 0. The quantitative estimate of drug-likeness (QED) is 0.770. The van der Waals surface area contributed by atoms with Gasteiger partial charge in [0.2, 0.25) is 5.91 Å². The van der Waals surface area contributed by atoms with Crippen LogP contribution in [0.2, 0.25) is 0 Å². The van der Waals surface area contributed by atoms with E-state index in [0.29, 0.717) is 6.54 Å². The van der Waals surface area contributed by atoms with Crippen molar-refractivity contribution in [1.29, 1.82) is 0 Å². The number of thioether (sulfide) groups is 1. The van der Waals surface area contributed by atoms with Gasteiger partial charge < -0.3 is 10.4 Å². The number of rotatable bonds is 5. The number of aliphatic hydroxyl groups excluding tert-OH is 1. The van der Waals surface area contributed by atoms with Crippen LogP contribution >= 0.6 is 11.8 Å². The highest BCUT2D eigenvalue weighted by Gasteiger charge is 2.13. The Morgan fingerprint density at radius 3 is 2.94 bits per heavy atom. The molecule has 0 saturated heterocycles. The van der Waals surface area contributed by atoms with Crippen LogP contribution in [0.5, 0.6) is 0 Å². The van der Waals surface area contributed by atoms with Crippen molar-refractivity contribution < 1.29 is 9.90 Å². The summed E-state index contributed by atoms with van der Waals surface area (Å²) in [6.45, 7) is 4.47. The van der Waals surface area contributed by atoms with Gasteiger partial charge in [0.25, 0.3) is 0 Å². The number of nitrogens with one attached hydrogen (secondary N) is 1. The van der Waals surface area contributed by atoms with Gasteiger partial charge in [-0.3, -0.25) is 4.79 Å². The summed E-state index contributed by atoms with van der Waals surface area (Å²) in [5.41, 5.74) is 0.869. The van der Waals surface area contributed by atoms with Crippen molar-refractivity contribution in [3.05, 3.63) is 29.8 Å². The Balaban J connectivity index is 2.61. The van der Waals surface area contributed by atoms with E-state index >= 15 is 0 Å². The fourth-order valence-corrected chi connectivity index (χ4v) is 2.27. The smallest absolute Gasteiger partial charge is 0.233 e. The molecular weight excluding hydrogens is 222 g/mol. The molecule has 2 N–H and O–H groups in total. The molecule has 0 fully saturated rings. The SMILES string of the molecule is CCNC(=O)C(C)Sc1cccc(CO)c1. The van der Waals surface area contributed by atoms with Crippen molar-refractivity contribution >= 4 is 17.7 Å². The Morgan fingerprint density at radius 1 is 1.56 bits per heavy atom. The lowest BCUT2D eigenvalue weighted by Crippen LogP contribution is -2.30. The van der Waals surface area contributed by atoms with Crippen LogP contribution in [-0.2, 0) is 11.4 Å². The van der Waals surface area contributed by atoms with Crippen molar-refractivity contribution in [3.63, 3.8) is 0 Å². The maximum atomic E-state index is 11.5. The van der Waals surface area contributed by atoms with E-state index in [1.807, 2.05) is 38.1 Å². The molecule has 0 spiro atoms.